The van der Waals surface area contributed by atoms with Crippen LogP contribution in [0.15, 0.2) is 57.7 Å². The van der Waals surface area contributed by atoms with Crippen LogP contribution in [0.3, 0.4) is 0 Å². The van der Waals surface area contributed by atoms with Gasteiger partial charge in [-0.05, 0) is 23.8 Å². The molecule has 1 aromatic heterocycles. The highest BCUT2D eigenvalue weighted by Crippen LogP contribution is 2.33. The van der Waals surface area contributed by atoms with Gasteiger partial charge < -0.3 is 18.8 Å². The zero-order chi connectivity index (χ0) is 19.7. The lowest BCUT2D eigenvalue weighted by atomic mass is 10.0. The van der Waals surface area contributed by atoms with Gasteiger partial charge in [0.25, 0.3) is 0 Å². The summed E-state index contributed by atoms with van der Waals surface area (Å²) in [7, 11) is 0. The van der Waals surface area contributed by atoms with E-state index in [-0.39, 0.29) is 11.2 Å². The first-order chi connectivity index (χ1) is 13.4. The number of para-hydroxylation sites is 1. The molecule has 2 heterocycles. The van der Waals surface area contributed by atoms with E-state index in [1.54, 1.807) is 24.3 Å². The van der Waals surface area contributed by atoms with Crippen LogP contribution in [0.25, 0.3) is 22.1 Å². The zero-order valence-electron chi connectivity index (χ0n) is 14.7. The number of benzene rings is 2. The van der Waals surface area contributed by atoms with Crippen LogP contribution in [0.2, 0.25) is 0 Å². The van der Waals surface area contributed by atoms with Gasteiger partial charge in [0.05, 0.1) is 18.6 Å². The lowest BCUT2D eigenvalue weighted by Gasteiger charge is -2.27. The van der Waals surface area contributed by atoms with Crippen molar-refractivity contribution in [2.24, 2.45) is 0 Å². The molecule has 2 aromatic carbocycles. The molecule has 28 heavy (non-hydrogen) atoms. The molecule has 5 nitrogen and oxygen atoms in total. The van der Waals surface area contributed by atoms with E-state index in [1.807, 2.05) is 4.90 Å². The number of anilines is 1. The second-order valence-corrected chi connectivity index (χ2v) is 6.31. The predicted octanol–water partition coefficient (Wildman–Crippen LogP) is 4.20. The van der Waals surface area contributed by atoms with E-state index in [0.29, 0.717) is 54.3 Å². The number of hydrogen-bond acceptors (Lipinski definition) is 5. The van der Waals surface area contributed by atoms with Crippen molar-refractivity contribution in [1.82, 2.24) is 0 Å². The third-order valence-corrected chi connectivity index (χ3v) is 4.44. The molecule has 0 N–H and O–H groups in total. The maximum absolute atomic E-state index is 12.6. The van der Waals surface area contributed by atoms with E-state index in [2.05, 4.69) is 4.74 Å². The molecule has 0 bridgehead atoms. The highest BCUT2D eigenvalue weighted by atomic mass is 19.4. The molecule has 1 aliphatic rings. The lowest BCUT2D eigenvalue weighted by Crippen LogP contribution is -2.36. The predicted molar refractivity (Wildman–Crippen MR) is 97.6 cm³/mol. The van der Waals surface area contributed by atoms with Crippen LogP contribution in [0.4, 0.5) is 19.1 Å². The summed E-state index contributed by atoms with van der Waals surface area (Å²) in [6.45, 7) is 2.23. The fourth-order valence-corrected chi connectivity index (χ4v) is 3.19. The maximum Gasteiger partial charge on any atom is 0.573 e. The molecule has 0 radical (unpaired) electrons. The Hall–Kier alpha value is -3.00. The summed E-state index contributed by atoms with van der Waals surface area (Å²) in [5.74, 6) is 0.0737. The molecule has 0 amide bonds. The van der Waals surface area contributed by atoms with Crippen LogP contribution >= 0.6 is 0 Å². The van der Waals surface area contributed by atoms with E-state index < -0.39 is 6.36 Å². The van der Waals surface area contributed by atoms with Crippen molar-refractivity contribution in [2.45, 2.75) is 6.36 Å². The van der Waals surface area contributed by atoms with Crippen molar-refractivity contribution in [3.8, 4) is 16.9 Å². The first-order valence-corrected chi connectivity index (χ1v) is 8.66. The van der Waals surface area contributed by atoms with Gasteiger partial charge in [0, 0.05) is 24.7 Å². The highest BCUT2D eigenvalue weighted by Gasteiger charge is 2.31. The molecule has 3 aromatic rings. The third-order valence-electron chi connectivity index (χ3n) is 4.44. The fourth-order valence-electron chi connectivity index (χ4n) is 3.19. The van der Waals surface area contributed by atoms with Gasteiger partial charge in [-0.2, -0.15) is 0 Å². The molecule has 4 rings (SSSR count). The zero-order valence-corrected chi connectivity index (χ0v) is 14.7. The molecule has 8 heteroatoms. The molecule has 0 unspecified atom stereocenters. The van der Waals surface area contributed by atoms with Gasteiger partial charge in [0.2, 0.25) is 0 Å². The first kappa shape index (κ1) is 18.4. The monoisotopic (exact) mass is 391 g/mol. The van der Waals surface area contributed by atoms with Gasteiger partial charge in [0.1, 0.15) is 11.3 Å². The van der Waals surface area contributed by atoms with E-state index in [4.69, 9.17) is 9.15 Å². The Morgan fingerprint density at radius 1 is 1.00 bits per heavy atom. The normalized spacial score (nSPS) is 15.0. The number of alkyl halides is 3. The largest absolute Gasteiger partial charge is 0.573 e. The number of rotatable bonds is 3. The van der Waals surface area contributed by atoms with Crippen molar-refractivity contribution in [3.63, 3.8) is 0 Å². The number of morpholine rings is 1. The van der Waals surface area contributed by atoms with E-state index in [9.17, 15) is 18.0 Å². The molecule has 0 aliphatic carbocycles. The smallest absolute Gasteiger partial charge is 0.440 e. The molecule has 0 saturated carbocycles. The molecule has 146 valence electrons. The van der Waals surface area contributed by atoms with Gasteiger partial charge in [-0.25, -0.2) is 0 Å². The van der Waals surface area contributed by atoms with Crippen LogP contribution in [-0.4, -0.2) is 32.7 Å². The number of hydrogen-bond donors (Lipinski definition) is 0. The Morgan fingerprint density at radius 2 is 1.75 bits per heavy atom. The van der Waals surface area contributed by atoms with Crippen LogP contribution < -0.4 is 15.1 Å². The summed E-state index contributed by atoms with van der Waals surface area (Å²) < 4.78 is 53.0. The number of halogens is 3. The maximum atomic E-state index is 12.6. The second kappa shape index (κ2) is 7.20. The van der Waals surface area contributed by atoms with Gasteiger partial charge in [-0.3, -0.25) is 4.79 Å². The lowest BCUT2D eigenvalue weighted by molar-refractivity contribution is -0.274. The first-order valence-electron chi connectivity index (χ1n) is 8.66. The minimum Gasteiger partial charge on any atom is -0.440 e. The Morgan fingerprint density at radius 3 is 2.50 bits per heavy atom. The Kier molecular flexibility index (Phi) is 4.72. The minimum atomic E-state index is -4.78. The van der Waals surface area contributed by atoms with Gasteiger partial charge in [-0.15, -0.1) is 13.2 Å². The summed E-state index contributed by atoms with van der Waals surface area (Å²) in [5, 5.41) is 0.358. The number of ether oxygens (including phenoxy) is 2. The SMILES string of the molecule is O=c1cc(N2CCOCC2)oc2c(-c3cccc(OC(F)(F)F)c3)cccc12. The highest BCUT2D eigenvalue weighted by molar-refractivity contribution is 5.92. The Balaban J connectivity index is 1.82. The molecule has 1 fully saturated rings. The average Bonchev–Trinajstić information content (AvgIpc) is 2.67. The molecule has 0 spiro atoms. The van der Waals surface area contributed by atoms with Crippen LogP contribution in [0.5, 0.6) is 5.75 Å². The minimum absolute atomic E-state index is 0.215. The van der Waals surface area contributed by atoms with E-state index >= 15 is 0 Å². The quantitative estimate of drug-likeness (QED) is 0.670. The van der Waals surface area contributed by atoms with Crippen LogP contribution in [0, 0.1) is 0 Å². The van der Waals surface area contributed by atoms with Crippen molar-refractivity contribution in [3.05, 3.63) is 58.8 Å². The summed E-state index contributed by atoms with van der Waals surface area (Å²) in [4.78, 5) is 14.5. The summed E-state index contributed by atoms with van der Waals surface area (Å²) >= 11 is 0. The van der Waals surface area contributed by atoms with Gasteiger partial charge in [0.15, 0.2) is 11.3 Å². The fraction of sp³-hybridized carbons (Fsp3) is 0.250. The topological polar surface area (TPSA) is 51.9 Å². The second-order valence-electron chi connectivity index (χ2n) is 6.31. The summed E-state index contributed by atoms with van der Waals surface area (Å²) in [6.07, 6.45) is -4.78. The van der Waals surface area contributed by atoms with Crippen LogP contribution in [-0.2, 0) is 4.74 Å². The van der Waals surface area contributed by atoms with Gasteiger partial charge in [-0.1, -0.05) is 24.3 Å². The molecule has 1 saturated heterocycles. The number of nitrogens with zero attached hydrogens (tertiary/aromatic N) is 1. The Labute approximate surface area is 157 Å². The van der Waals surface area contributed by atoms with Crippen molar-refractivity contribution in [1.29, 1.82) is 0 Å². The van der Waals surface area contributed by atoms with Crippen molar-refractivity contribution in [2.75, 3.05) is 31.2 Å². The molecule has 1 aliphatic heterocycles. The van der Waals surface area contributed by atoms with Crippen molar-refractivity contribution < 1.29 is 27.1 Å². The Bertz CT molecular complexity index is 1060. The van der Waals surface area contributed by atoms with Crippen LogP contribution in [0.1, 0.15) is 0 Å². The van der Waals surface area contributed by atoms with E-state index in [0.717, 1.165) is 0 Å². The van der Waals surface area contributed by atoms with Gasteiger partial charge >= 0.3 is 6.36 Å². The summed E-state index contributed by atoms with van der Waals surface area (Å²) in [5.41, 5.74) is 1.07. The van der Waals surface area contributed by atoms with E-state index in [1.165, 1.54) is 24.3 Å². The third kappa shape index (κ3) is 3.82. The molecular formula is C20H16F3NO4. The molecular weight excluding hydrogens is 375 g/mol. The summed E-state index contributed by atoms with van der Waals surface area (Å²) in [6, 6.07) is 12.0. The standard InChI is InChI=1S/C20H16F3NO4/c21-20(22,23)28-14-4-1-3-13(11-14)15-5-2-6-16-17(25)12-18(27-19(15)16)24-7-9-26-10-8-24/h1-6,11-12H,7-10H2. The number of fused-ring (bicyclic) bond motifs is 1. The molecule has 0 atom stereocenters. The average molecular weight is 391 g/mol. The van der Waals surface area contributed by atoms with Crippen molar-refractivity contribution >= 4 is 16.9 Å².